The van der Waals surface area contributed by atoms with E-state index in [1.54, 1.807) is 42.5 Å². The SMILES string of the molecule is O=C1NC(=S)N(c2ccc(Oc3ccccc3)cc2)C(=O)C1=Cc1ccc2oc(C(=O)c3cccc([N+](=O)[O-])c3)cc2c1. The van der Waals surface area contributed by atoms with E-state index in [1.165, 1.54) is 41.3 Å². The third kappa shape index (κ3) is 5.52. The van der Waals surface area contributed by atoms with Gasteiger partial charge < -0.3 is 9.15 Å². The number of benzene rings is 4. The van der Waals surface area contributed by atoms with E-state index in [0.29, 0.717) is 33.7 Å². The predicted molar refractivity (Wildman–Crippen MR) is 162 cm³/mol. The van der Waals surface area contributed by atoms with Crippen LogP contribution in [0.25, 0.3) is 17.0 Å². The van der Waals surface area contributed by atoms with E-state index < -0.39 is 22.5 Å². The Hall–Kier alpha value is -5.94. The molecule has 1 saturated heterocycles. The number of hydrogen-bond acceptors (Lipinski definition) is 8. The number of ketones is 1. The highest BCUT2D eigenvalue weighted by Gasteiger charge is 2.34. The fourth-order valence-corrected chi connectivity index (χ4v) is 4.79. The van der Waals surface area contributed by atoms with Gasteiger partial charge in [-0.2, -0.15) is 0 Å². The molecule has 0 bridgehead atoms. The Morgan fingerprint density at radius 2 is 1.65 bits per heavy atom. The zero-order valence-corrected chi connectivity index (χ0v) is 22.9. The lowest BCUT2D eigenvalue weighted by Crippen LogP contribution is -2.54. The Morgan fingerprint density at radius 3 is 2.40 bits per heavy atom. The Morgan fingerprint density at radius 1 is 0.907 bits per heavy atom. The van der Waals surface area contributed by atoms with Gasteiger partial charge in [-0.15, -0.1) is 0 Å². The lowest BCUT2D eigenvalue weighted by molar-refractivity contribution is -0.384. The summed E-state index contributed by atoms with van der Waals surface area (Å²) < 4.78 is 11.5. The number of thiocarbonyl (C=S) groups is 1. The van der Waals surface area contributed by atoms with E-state index in [9.17, 15) is 24.5 Å². The molecule has 0 saturated carbocycles. The minimum atomic E-state index is -0.649. The molecular weight excluding hydrogens is 570 g/mol. The molecule has 1 N–H and O–H groups in total. The van der Waals surface area contributed by atoms with Gasteiger partial charge in [-0.3, -0.25) is 34.7 Å². The van der Waals surface area contributed by atoms with Crippen LogP contribution in [0.15, 0.2) is 113 Å². The molecule has 4 aromatic carbocycles. The van der Waals surface area contributed by atoms with E-state index in [4.69, 9.17) is 21.4 Å². The van der Waals surface area contributed by atoms with Crippen molar-refractivity contribution < 1.29 is 28.5 Å². The maximum Gasteiger partial charge on any atom is 0.270 e. The van der Waals surface area contributed by atoms with Crippen molar-refractivity contribution >= 4 is 63.3 Å². The van der Waals surface area contributed by atoms with Gasteiger partial charge in [-0.1, -0.05) is 36.4 Å². The minimum Gasteiger partial charge on any atom is -0.457 e. The number of hydrogen-bond donors (Lipinski definition) is 1. The number of furan rings is 1. The number of nitro benzene ring substituents is 1. The molecule has 2 heterocycles. The quantitative estimate of drug-likeness (QED) is 0.0593. The van der Waals surface area contributed by atoms with Crippen LogP contribution in [0.3, 0.4) is 0 Å². The second-order valence-electron chi connectivity index (χ2n) is 9.41. The molecule has 43 heavy (non-hydrogen) atoms. The Bertz CT molecular complexity index is 1980. The van der Waals surface area contributed by atoms with Crippen molar-refractivity contribution in [2.75, 3.05) is 4.90 Å². The van der Waals surface area contributed by atoms with Crippen molar-refractivity contribution in [2.45, 2.75) is 0 Å². The number of carbonyl (C=O) groups is 3. The first kappa shape index (κ1) is 27.2. The van der Waals surface area contributed by atoms with Gasteiger partial charge in [0.15, 0.2) is 10.9 Å². The summed E-state index contributed by atoms with van der Waals surface area (Å²) in [6, 6.07) is 27.7. The summed E-state index contributed by atoms with van der Waals surface area (Å²) in [4.78, 5) is 51.0. The van der Waals surface area contributed by atoms with E-state index in [2.05, 4.69) is 5.32 Å². The second kappa shape index (κ2) is 11.1. The van der Waals surface area contributed by atoms with Gasteiger partial charge in [0.2, 0.25) is 5.78 Å². The topological polar surface area (TPSA) is 132 Å². The van der Waals surface area contributed by atoms with Gasteiger partial charge in [-0.25, -0.2) is 0 Å². The number of amides is 2. The van der Waals surface area contributed by atoms with E-state index in [0.717, 1.165) is 0 Å². The van der Waals surface area contributed by atoms with Crippen molar-refractivity contribution in [3.8, 4) is 11.5 Å². The Labute approximate surface area is 248 Å². The van der Waals surface area contributed by atoms with Gasteiger partial charge in [0, 0.05) is 23.1 Å². The van der Waals surface area contributed by atoms with Gasteiger partial charge >= 0.3 is 0 Å². The van der Waals surface area contributed by atoms with Crippen molar-refractivity contribution in [3.63, 3.8) is 0 Å². The molecule has 0 aliphatic carbocycles. The van der Waals surface area contributed by atoms with Crippen LogP contribution in [0.1, 0.15) is 21.7 Å². The minimum absolute atomic E-state index is 0.0111. The van der Waals surface area contributed by atoms with Crippen LogP contribution < -0.4 is 15.0 Å². The predicted octanol–water partition coefficient (Wildman–Crippen LogP) is 6.20. The van der Waals surface area contributed by atoms with Crippen LogP contribution >= 0.6 is 12.2 Å². The van der Waals surface area contributed by atoms with Crippen molar-refractivity contribution in [2.24, 2.45) is 0 Å². The zero-order valence-electron chi connectivity index (χ0n) is 22.1. The third-order valence-electron chi connectivity index (χ3n) is 6.57. The number of rotatable bonds is 7. The van der Waals surface area contributed by atoms with Gasteiger partial charge in [0.25, 0.3) is 17.5 Å². The molecule has 6 rings (SSSR count). The highest BCUT2D eigenvalue weighted by Crippen LogP contribution is 2.29. The third-order valence-corrected chi connectivity index (χ3v) is 6.85. The molecule has 0 radical (unpaired) electrons. The molecule has 11 heteroatoms. The average molecular weight is 590 g/mol. The van der Waals surface area contributed by atoms with Crippen LogP contribution in [0.2, 0.25) is 0 Å². The summed E-state index contributed by atoms with van der Waals surface area (Å²) in [6.07, 6.45) is 1.42. The normalized spacial score (nSPS) is 14.2. The van der Waals surface area contributed by atoms with Crippen molar-refractivity contribution in [1.29, 1.82) is 0 Å². The number of para-hydroxylation sites is 1. The molecule has 210 valence electrons. The Kier molecular flexibility index (Phi) is 7.06. The number of fused-ring (bicyclic) bond motifs is 1. The molecule has 1 aliphatic heterocycles. The number of nitro groups is 1. The molecule has 10 nitrogen and oxygen atoms in total. The summed E-state index contributed by atoms with van der Waals surface area (Å²) in [5.74, 6) is -0.577. The van der Waals surface area contributed by atoms with Gasteiger partial charge in [-0.05, 0) is 78.5 Å². The monoisotopic (exact) mass is 589 g/mol. The van der Waals surface area contributed by atoms with Crippen LogP contribution in [-0.4, -0.2) is 27.6 Å². The largest absolute Gasteiger partial charge is 0.457 e. The van der Waals surface area contributed by atoms with E-state index in [-0.39, 0.29) is 27.7 Å². The summed E-state index contributed by atoms with van der Waals surface area (Å²) in [7, 11) is 0. The number of nitrogens with one attached hydrogen (secondary N) is 1. The standard InChI is InChI=1S/C32H19N3O7S/c36-29(20-5-4-6-23(17-20)35(39)40)28-18-21-15-19(9-14-27(21)42-28)16-26-30(37)33-32(43)34(31(26)38)22-10-12-25(13-11-22)41-24-7-2-1-3-8-24/h1-18H,(H,33,37,43). The number of nitrogens with zero attached hydrogens (tertiary/aromatic N) is 2. The maximum absolute atomic E-state index is 13.5. The maximum atomic E-state index is 13.5. The van der Waals surface area contributed by atoms with Gasteiger partial charge in [0.1, 0.15) is 22.7 Å². The summed E-state index contributed by atoms with van der Waals surface area (Å²) in [5.41, 5.74) is 1.08. The molecule has 1 aromatic heterocycles. The molecule has 0 unspecified atom stereocenters. The van der Waals surface area contributed by atoms with Crippen LogP contribution in [0.5, 0.6) is 11.5 Å². The fourth-order valence-electron chi connectivity index (χ4n) is 4.51. The second-order valence-corrected chi connectivity index (χ2v) is 9.80. The van der Waals surface area contributed by atoms with Crippen LogP contribution in [0.4, 0.5) is 11.4 Å². The van der Waals surface area contributed by atoms with Crippen molar-refractivity contribution in [3.05, 3.63) is 136 Å². The highest BCUT2D eigenvalue weighted by molar-refractivity contribution is 7.80. The first-order chi connectivity index (χ1) is 20.8. The molecule has 1 aliphatic rings. The molecule has 0 spiro atoms. The van der Waals surface area contributed by atoms with E-state index in [1.807, 2.05) is 30.3 Å². The Balaban J connectivity index is 1.25. The number of non-ortho nitro benzene ring substituents is 1. The molecule has 1 fully saturated rings. The molecule has 0 atom stereocenters. The number of carbonyl (C=O) groups excluding carboxylic acids is 3. The van der Waals surface area contributed by atoms with E-state index >= 15 is 0 Å². The smallest absolute Gasteiger partial charge is 0.270 e. The fraction of sp³-hybridized carbons (Fsp3) is 0. The molecular formula is C32H19N3O7S. The van der Waals surface area contributed by atoms with Crippen molar-refractivity contribution in [1.82, 2.24) is 5.32 Å². The summed E-state index contributed by atoms with van der Waals surface area (Å²) >= 11 is 5.30. The first-order valence-corrected chi connectivity index (χ1v) is 13.2. The lowest BCUT2D eigenvalue weighted by atomic mass is 10.0. The van der Waals surface area contributed by atoms with Crippen LogP contribution in [-0.2, 0) is 9.59 Å². The first-order valence-electron chi connectivity index (χ1n) is 12.8. The molecule has 2 amide bonds. The lowest BCUT2D eigenvalue weighted by Gasteiger charge is -2.29. The van der Waals surface area contributed by atoms with Gasteiger partial charge in [0.05, 0.1) is 10.6 Å². The number of anilines is 1. The zero-order chi connectivity index (χ0) is 30.1. The molecule has 5 aromatic rings. The average Bonchev–Trinajstić information content (AvgIpc) is 3.44. The summed E-state index contributed by atoms with van der Waals surface area (Å²) in [5, 5.41) is 14.1. The summed E-state index contributed by atoms with van der Waals surface area (Å²) in [6.45, 7) is 0. The number of ether oxygens (including phenoxy) is 1. The van der Waals surface area contributed by atoms with Crippen LogP contribution in [0, 0.1) is 10.1 Å². The highest BCUT2D eigenvalue weighted by atomic mass is 32.1.